The molecule has 0 aliphatic carbocycles. The van der Waals surface area contributed by atoms with Gasteiger partial charge in [0.25, 0.3) is 0 Å². The molecule has 6 nitrogen and oxygen atoms in total. The highest BCUT2D eigenvalue weighted by Crippen LogP contribution is 2.13. The van der Waals surface area contributed by atoms with Gasteiger partial charge in [-0.2, -0.15) is 0 Å². The van der Waals surface area contributed by atoms with E-state index in [0.717, 1.165) is 50.9 Å². The zero-order valence-electron chi connectivity index (χ0n) is 29.3. The van der Waals surface area contributed by atoms with Crippen molar-refractivity contribution >= 4 is 11.9 Å². The Morgan fingerprint density at radius 2 is 1.13 bits per heavy atom. The summed E-state index contributed by atoms with van der Waals surface area (Å²) in [5.74, 6) is 0.0575. The summed E-state index contributed by atoms with van der Waals surface area (Å²) in [6, 6.07) is 0. The number of rotatable bonds is 30. The number of ether oxygens (including phenoxy) is 2. The molecule has 0 heterocycles. The Labute approximate surface area is 281 Å². The Morgan fingerprint density at radius 3 is 1.72 bits per heavy atom. The molecular weight excluding hydrogens is 576 g/mol. The van der Waals surface area contributed by atoms with Crippen LogP contribution in [0.15, 0.2) is 72.9 Å². The van der Waals surface area contributed by atoms with Crippen molar-refractivity contribution in [2.24, 2.45) is 5.92 Å². The van der Waals surface area contributed by atoms with Gasteiger partial charge in [-0.1, -0.05) is 151 Å². The molecule has 6 heteroatoms. The molecule has 46 heavy (non-hydrogen) atoms. The first-order valence-corrected chi connectivity index (χ1v) is 18.0. The first-order valence-electron chi connectivity index (χ1n) is 18.0. The number of hydrogen-bond acceptors (Lipinski definition) is 6. The van der Waals surface area contributed by atoms with Crippen molar-refractivity contribution in [3.05, 3.63) is 72.9 Å². The molecule has 2 atom stereocenters. The lowest BCUT2D eigenvalue weighted by Crippen LogP contribution is -2.25. The van der Waals surface area contributed by atoms with Gasteiger partial charge in [-0.3, -0.25) is 9.59 Å². The Bertz CT molecular complexity index is 895. The van der Waals surface area contributed by atoms with E-state index < -0.39 is 18.2 Å². The van der Waals surface area contributed by atoms with Gasteiger partial charge in [0.2, 0.25) is 0 Å². The van der Waals surface area contributed by atoms with E-state index in [2.05, 4.69) is 57.2 Å². The summed E-state index contributed by atoms with van der Waals surface area (Å²) in [4.78, 5) is 23.8. The van der Waals surface area contributed by atoms with Crippen molar-refractivity contribution in [2.45, 2.75) is 149 Å². The van der Waals surface area contributed by atoms with Crippen LogP contribution in [0.4, 0.5) is 0 Å². The molecule has 0 amide bonds. The molecule has 0 fully saturated rings. The van der Waals surface area contributed by atoms with Crippen LogP contribution in [-0.2, 0) is 19.1 Å². The van der Waals surface area contributed by atoms with Crippen molar-refractivity contribution in [1.82, 2.24) is 0 Å². The van der Waals surface area contributed by atoms with Crippen LogP contribution in [0.25, 0.3) is 0 Å². The number of hydrogen-bond donors (Lipinski definition) is 2. The van der Waals surface area contributed by atoms with E-state index in [9.17, 15) is 19.8 Å². The minimum atomic E-state index is -1.03. The highest BCUT2D eigenvalue weighted by molar-refractivity contribution is 5.70. The standard InChI is InChI=1S/C40H66O6/c1-4-5-6-7-8-9-10-11-12-15-18-21-25-30-37(41)31-26-23-28-33-40(44)46-35-38(42)34-45-39(43)32-27-22-19-16-13-14-17-20-24-29-36(2)3/h5-6,8-9,11-12,18,21,23,25-26,30,36-38,41-42H,4,7,10,13-17,19-20,22,24,27-29,31-35H2,1-3H3/b6-5-,9-8-,12-11-,21-18-,26-23-,30-25-/t37?,38-/m0/s1. The predicted octanol–water partition coefficient (Wildman–Crippen LogP) is 9.83. The molecule has 0 spiro atoms. The average Bonchev–Trinajstić information content (AvgIpc) is 3.03. The number of aliphatic hydroxyl groups excluding tert-OH is 2. The predicted molar refractivity (Wildman–Crippen MR) is 192 cm³/mol. The van der Waals surface area contributed by atoms with Gasteiger partial charge in [-0.15, -0.1) is 0 Å². The van der Waals surface area contributed by atoms with Gasteiger partial charge in [-0.05, 0) is 50.9 Å². The highest BCUT2D eigenvalue weighted by atomic mass is 16.6. The summed E-state index contributed by atoms with van der Waals surface area (Å²) in [6.45, 7) is 6.32. The van der Waals surface area contributed by atoms with Crippen molar-refractivity contribution in [1.29, 1.82) is 0 Å². The first kappa shape index (κ1) is 43.3. The van der Waals surface area contributed by atoms with E-state index in [-0.39, 0.29) is 25.6 Å². The molecule has 262 valence electrons. The smallest absolute Gasteiger partial charge is 0.306 e. The Balaban J connectivity index is 3.73. The van der Waals surface area contributed by atoms with Crippen LogP contribution in [0, 0.1) is 5.92 Å². The molecular formula is C40H66O6. The molecule has 0 radical (unpaired) electrons. The number of carbonyl (C=O) groups is 2. The van der Waals surface area contributed by atoms with Gasteiger partial charge in [0.15, 0.2) is 0 Å². The number of esters is 2. The monoisotopic (exact) mass is 642 g/mol. The van der Waals surface area contributed by atoms with Crippen molar-refractivity contribution < 1.29 is 29.3 Å². The number of unbranched alkanes of at least 4 members (excludes halogenated alkanes) is 8. The molecule has 0 aromatic rings. The molecule has 0 aromatic carbocycles. The quantitative estimate of drug-likeness (QED) is 0.0351. The third-order valence-corrected chi connectivity index (χ3v) is 7.23. The zero-order valence-corrected chi connectivity index (χ0v) is 29.3. The van der Waals surface area contributed by atoms with Crippen LogP contribution >= 0.6 is 0 Å². The molecule has 0 aromatic heterocycles. The topological polar surface area (TPSA) is 93.1 Å². The van der Waals surface area contributed by atoms with Gasteiger partial charge in [0.1, 0.15) is 19.3 Å². The van der Waals surface area contributed by atoms with Gasteiger partial charge in [0.05, 0.1) is 6.10 Å². The van der Waals surface area contributed by atoms with Crippen LogP contribution in [0.2, 0.25) is 0 Å². The lowest BCUT2D eigenvalue weighted by Gasteiger charge is -2.12. The second-order valence-corrected chi connectivity index (χ2v) is 12.3. The lowest BCUT2D eigenvalue weighted by molar-refractivity contribution is -0.152. The Morgan fingerprint density at radius 1 is 0.609 bits per heavy atom. The molecule has 0 saturated carbocycles. The van der Waals surface area contributed by atoms with Crippen LogP contribution in [0.5, 0.6) is 0 Å². The van der Waals surface area contributed by atoms with Crippen molar-refractivity contribution in [2.75, 3.05) is 13.2 Å². The fourth-order valence-corrected chi connectivity index (χ4v) is 4.50. The van der Waals surface area contributed by atoms with E-state index in [0.29, 0.717) is 19.3 Å². The van der Waals surface area contributed by atoms with E-state index >= 15 is 0 Å². The second-order valence-electron chi connectivity index (χ2n) is 12.3. The van der Waals surface area contributed by atoms with E-state index in [4.69, 9.17) is 9.47 Å². The molecule has 0 saturated heterocycles. The molecule has 1 unspecified atom stereocenters. The third-order valence-electron chi connectivity index (χ3n) is 7.23. The SMILES string of the molecule is CC/C=C\C/C=C\C/C=C\C/C=C\C=C/C(O)C/C=C\CCC(=O)OC[C@@H](O)COC(=O)CCCCCCCCCCCC(C)C. The average molecular weight is 643 g/mol. The highest BCUT2D eigenvalue weighted by Gasteiger charge is 2.11. The Kier molecular flexibility index (Phi) is 31.7. The third kappa shape index (κ3) is 34.2. The molecule has 0 aliphatic rings. The van der Waals surface area contributed by atoms with Crippen molar-refractivity contribution in [3.8, 4) is 0 Å². The lowest BCUT2D eigenvalue weighted by atomic mass is 10.0. The fraction of sp³-hybridized carbons (Fsp3) is 0.650. The van der Waals surface area contributed by atoms with Crippen LogP contribution in [0.1, 0.15) is 136 Å². The summed E-state index contributed by atoms with van der Waals surface area (Å²) in [5.41, 5.74) is 0. The summed E-state index contributed by atoms with van der Waals surface area (Å²) < 4.78 is 10.2. The van der Waals surface area contributed by atoms with Crippen LogP contribution in [0.3, 0.4) is 0 Å². The number of carbonyl (C=O) groups excluding carboxylic acids is 2. The maximum Gasteiger partial charge on any atom is 0.306 e. The zero-order chi connectivity index (χ0) is 33.9. The van der Waals surface area contributed by atoms with E-state index in [1.807, 2.05) is 30.4 Å². The Hall–Kier alpha value is -2.70. The maximum atomic E-state index is 11.9. The number of allylic oxidation sites excluding steroid dienone is 10. The summed E-state index contributed by atoms with van der Waals surface area (Å²) in [5, 5.41) is 20.0. The van der Waals surface area contributed by atoms with Gasteiger partial charge in [0, 0.05) is 12.8 Å². The van der Waals surface area contributed by atoms with E-state index in [1.54, 1.807) is 6.08 Å². The molecule has 0 rings (SSSR count). The second kappa shape index (κ2) is 33.7. The largest absolute Gasteiger partial charge is 0.463 e. The van der Waals surface area contributed by atoms with E-state index in [1.165, 1.54) is 44.9 Å². The molecule has 0 bridgehead atoms. The van der Waals surface area contributed by atoms with Gasteiger partial charge < -0.3 is 19.7 Å². The minimum absolute atomic E-state index is 0.171. The van der Waals surface area contributed by atoms with Gasteiger partial charge >= 0.3 is 11.9 Å². The van der Waals surface area contributed by atoms with Crippen molar-refractivity contribution in [3.63, 3.8) is 0 Å². The number of aliphatic hydroxyl groups is 2. The summed E-state index contributed by atoms with van der Waals surface area (Å²) >= 11 is 0. The van der Waals surface area contributed by atoms with Crippen LogP contribution < -0.4 is 0 Å². The fourth-order valence-electron chi connectivity index (χ4n) is 4.50. The normalized spacial score (nSPS) is 13.9. The van der Waals surface area contributed by atoms with Crippen LogP contribution in [-0.4, -0.2) is 47.6 Å². The maximum absolute atomic E-state index is 11.9. The summed E-state index contributed by atoms with van der Waals surface area (Å²) in [7, 11) is 0. The molecule has 0 aliphatic heterocycles. The summed E-state index contributed by atoms with van der Waals surface area (Å²) in [6.07, 6.45) is 39.9. The minimum Gasteiger partial charge on any atom is -0.463 e. The molecule has 2 N–H and O–H groups in total. The first-order chi connectivity index (χ1) is 22.3. The van der Waals surface area contributed by atoms with Gasteiger partial charge in [-0.25, -0.2) is 0 Å².